The van der Waals surface area contributed by atoms with Gasteiger partial charge in [0.15, 0.2) is 0 Å². The second-order valence-corrected chi connectivity index (χ2v) is 4.67. The molecule has 1 aromatic heterocycles. The lowest BCUT2D eigenvalue weighted by Gasteiger charge is -2.06. The van der Waals surface area contributed by atoms with Crippen LogP contribution in [-0.2, 0) is 14.4 Å². The van der Waals surface area contributed by atoms with Crippen LogP contribution in [0.3, 0.4) is 0 Å². The Labute approximate surface area is 135 Å². The first-order chi connectivity index (χ1) is 11.3. The fraction of sp³-hybridized carbons (Fsp3) is 0.294. The summed E-state index contributed by atoms with van der Waals surface area (Å²) in [6.45, 7) is 2.51. The van der Waals surface area contributed by atoms with Crippen LogP contribution >= 0.6 is 0 Å². The molecule has 0 aliphatic carbocycles. The quantitative estimate of drug-likeness (QED) is 0.324. The van der Waals surface area contributed by atoms with Crippen molar-refractivity contribution >= 4 is 11.7 Å². The Morgan fingerprint density at radius 3 is 2.57 bits per heavy atom. The van der Waals surface area contributed by atoms with E-state index in [4.69, 9.17) is 9.57 Å². The summed E-state index contributed by atoms with van der Waals surface area (Å²) in [4.78, 5) is 24.6. The zero-order valence-corrected chi connectivity index (χ0v) is 13.0. The van der Waals surface area contributed by atoms with Gasteiger partial charge in [0.2, 0.25) is 0 Å². The predicted octanol–water partition coefficient (Wildman–Crippen LogP) is 2.59. The summed E-state index contributed by atoms with van der Waals surface area (Å²) in [5, 5.41) is 4.19. The van der Waals surface area contributed by atoms with E-state index in [0.29, 0.717) is 31.8 Å². The van der Waals surface area contributed by atoms with E-state index < -0.39 is 0 Å². The number of aromatic nitrogens is 2. The van der Waals surface area contributed by atoms with Crippen LogP contribution in [0.5, 0.6) is 0 Å². The Bertz CT molecular complexity index is 589. The fourth-order valence-corrected chi connectivity index (χ4v) is 1.91. The predicted molar refractivity (Wildman–Crippen MR) is 85.9 cm³/mol. The molecule has 2 aromatic rings. The molecule has 0 saturated heterocycles. The summed E-state index contributed by atoms with van der Waals surface area (Å²) in [5.41, 5.74) is 2.33. The number of rotatable bonds is 8. The van der Waals surface area contributed by atoms with Crippen molar-refractivity contribution in [3.05, 3.63) is 60.2 Å². The van der Waals surface area contributed by atoms with Gasteiger partial charge in [-0.15, -0.1) is 0 Å². The monoisotopic (exact) mass is 313 g/mol. The average molecular weight is 313 g/mol. The molecule has 2 rings (SSSR count). The highest BCUT2D eigenvalue weighted by molar-refractivity contribution is 6.12. The van der Waals surface area contributed by atoms with E-state index in [1.54, 1.807) is 19.3 Å². The van der Waals surface area contributed by atoms with E-state index in [-0.39, 0.29) is 5.97 Å². The van der Waals surface area contributed by atoms with E-state index >= 15 is 0 Å². The van der Waals surface area contributed by atoms with E-state index in [9.17, 15) is 4.79 Å². The first-order valence-electron chi connectivity index (χ1n) is 7.47. The number of ether oxygens (including phenoxy) is 1. The van der Waals surface area contributed by atoms with Gasteiger partial charge < -0.3 is 9.57 Å². The zero-order valence-electron chi connectivity index (χ0n) is 13.0. The van der Waals surface area contributed by atoms with Crippen molar-refractivity contribution in [3.8, 4) is 0 Å². The number of oxime groups is 1. The van der Waals surface area contributed by atoms with Gasteiger partial charge in [-0.25, -0.2) is 9.97 Å². The van der Waals surface area contributed by atoms with Crippen molar-refractivity contribution in [2.24, 2.45) is 5.16 Å². The van der Waals surface area contributed by atoms with E-state index in [0.717, 1.165) is 11.1 Å². The standard InChI is InChI=1S/C17H19N3O3/c1-2-22-16(21)9-6-10-23-20-17(14-7-4-3-5-8-14)15-11-18-13-19-12-15/h3-5,7-8,11-13H,2,6,9-10H2,1H3/b20-17-. The highest BCUT2D eigenvalue weighted by Gasteiger charge is 2.08. The van der Waals surface area contributed by atoms with Crippen molar-refractivity contribution in [1.82, 2.24) is 9.97 Å². The van der Waals surface area contributed by atoms with Crippen LogP contribution in [0.2, 0.25) is 0 Å². The largest absolute Gasteiger partial charge is 0.466 e. The molecule has 120 valence electrons. The van der Waals surface area contributed by atoms with Gasteiger partial charge in [0, 0.05) is 29.9 Å². The van der Waals surface area contributed by atoms with Crippen LogP contribution in [0, 0.1) is 0 Å². The molecule has 0 fully saturated rings. The lowest BCUT2D eigenvalue weighted by molar-refractivity contribution is -0.143. The second-order valence-electron chi connectivity index (χ2n) is 4.67. The SMILES string of the molecule is CCOC(=O)CCCO/N=C(/c1ccccc1)c1cncnc1. The Hall–Kier alpha value is -2.76. The van der Waals surface area contributed by atoms with Crippen LogP contribution in [0.1, 0.15) is 30.9 Å². The fourth-order valence-electron chi connectivity index (χ4n) is 1.91. The topological polar surface area (TPSA) is 73.7 Å². The highest BCUT2D eigenvalue weighted by Crippen LogP contribution is 2.09. The van der Waals surface area contributed by atoms with Crippen LogP contribution in [-0.4, -0.2) is 34.9 Å². The van der Waals surface area contributed by atoms with Crippen molar-refractivity contribution in [1.29, 1.82) is 0 Å². The van der Waals surface area contributed by atoms with Gasteiger partial charge in [0.05, 0.1) is 6.61 Å². The van der Waals surface area contributed by atoms with Gasteiger partial charge in [-0.05, 0) is 13.3 Å². The Balaban J connectivity index is 1.99. The number of carbonyl (C=O) groups is 1. The molecule has 1 heterocycles. The maximum atomic E-state index is 11.3. The van der Waals surface area contributed by atoms with Crippen LogP contribution < -0.4 is 0 Å². The molecule has 1 aromatic carbocycles. The minimum atomic E-state index is -0.222. The molecule has 0 aliphatic heterocycles. The van der Waals surface area contributed by atoms with E-state index in [2.05, 4.69) is 15.1 Å². The maximum Gasteiger partial charge on any atom is 0.305 e. The van der Waals surface area contributed by atoms with E-state index in [1.165, 1.54) is 6.33 Å². The Morgan fingerprint density at radius 1 is 1.13 bits per heavy atom. The summed E-state index contributed by atoms with van der Waals surface area (Å²) < 4.78 is 4.86. The molecule has 6 heteroatoms. The third-order valence-electron chi connectivity index (χ3n) is 2.96. The van der Waals surface area contributed by atoms with Crippen LogP contribution in [0.4, 0.5) is 0 Å². The first kappa shape index (κ1) is 16.6. The van der Waals surface area contributed by atoms with Gasteiger partial charge in [-0.3, -0.25) is 4.79 Å². The summed E-state index contributed by atoms with van der Waals surface area (Å²) in [6.07, 6.45) is 5.70. The minimum absolute atomic E-state index is 0.222. The van der Waals surface area contributed by atoms with Gasteiger partial charge >= 0.3 is 5.97 Å². The molecule has 0 radical (unpaired) electrons. The van der Waals surface area contributed by atoms with Gasteiger partial charge in [0.25, 0.3) is 0 Å². The molecule has 0 unspecified atom stereocenters. The number of hydrogen-bond donors (Lipinski definition) is 0. The molecule has 0 bridgehead atoms. The van der Waals surface area contributed by atoms with Gasteiger partial charge in [-0.2, -0.15) is 0 Å². The Kier molecular flexibility index (Phi) is 6.71. The van der Waals surface area contributed by atoms with Gasteiger partial charge in [-0.1, -0.05) is 35.5 Å². The molecular formula is C17H19N3O3. The number of esters is 1. The molecular weight excluding hydrogens is 294 g/mol. The van der Waals surface area contributed by atoms with Crippen molar-refractivity contribution in [3.63, 3.8) is 0 Å². The molecule has 0 saturated carbocycles. The molecule has 0 amide bonds. The Morgan fingerprint density at radius 2 is 1.87 bits per heavy atom. The number of nitrogens with zero attached hydrogens (tertiary/aromatic N) is 3. The zero-order chi connectivity index (χ0) is 16.3. The van der Waals surface area contributed by atoms with Crippen molar-refractivity contribution in [2.75, 3.05) is 13.2 Å². The summed E-state index contributed by atoms with van der Waals surface area (Å²) in [5.74, 6) is -0.222. The first-order valence-corrected chi connectivity index (χ1v) is 7.47. The molecule has 23 heavy (non-hydrogen) atoms. The lowest BCUT2D eigenvalue weighted by atomic mass is 10.1. The molecule has 6 nitrogen and oxygen atoms in total. The maximum absolute atomic E-state index is 11.3. The van der Waals surface area contributed by atoms with E-state index in [1.807, 2.05) is 30.3 Å². The van der Waals surface area contributed by atoms with Crippen molar-refractivity contribution < 1.29 is 14.4 Å². The molecule has 0 N–H and O–H groups in total. The molecule has 0 aliphatic rings. The summed E-state index contributed by atoms with van der Waals surface area (Å²) in [7, 11) is 0. The normalized spacial score (nSPS) is 11.1. The number of benzene rings is 1. The second kappa shape index (κ2) is 9.30. The summed E-state index contributed by atoms with van der Waals surface area (Å²) in [6, 6.07) is 9.66. The average Bonchev–Trinajstić information content (AvgIpc) is 2.60. The third kappa shape index (κ3) is 5.50. The molecule has 0 spiro atoms. The third-order valence-corrected chi connectivity index (χ3v) is 2.96. The molecule has 0 atom stereocenters. The minimum Gasteiger partial charge on any atom is -0.466 e. The van der Waals surface area contributed by atoms with Gasteiger partial charge in [0.1, 0.15) is 18.6 Å². The van der Waals surface area contributed by atoms with Crippen LogP contribution in [0.15, 0.2) is 54.2 Å². The lowest BCUT2D eigenvalue weighted by Crippen LogP contribution is -2.07. The van der Waals surface area contributed by atoms with Crippen molar-refractivity contribution in [2.45, 2.75) is 19.8 Å². The van der Waals surface area contributed by atoms with Crippen LogP contribution in [0.25, 0.3) is 0 Å². The highest BCUT2D eigenvalue weighted by atomic mass is 16.6. The summed E-state index contributed by atoms with van der Waals surface area (Å²) >= 11 is 0. The smallest absolute Gasteiger partial charge is 0.305 e. The number of carbonyl (C=O) groups excluding carboxylic acids is 1. The number of hydrogen-bond acceptors (Lipinski definition) is 6.